The van der Waals surface area contributed by atoms with Gasteiger partial charge in [0, 0.05) is 5.57 Å². The number of benzene rings is 1. The van der Waals surface area contributed by atoms with Gasteiger partial charge in [-0.1, -0.05) is 31.9 Å². The lowest BCUT2D eigenvalue weighted by atomic mass is 10.1. The fourth-order valence-electron chi connectivity index (χ4n) is 1.76. The first-order valence-corrected chi connectivity index (χ1v) is 7.25. The molecule has 1 aromatic carbocycles. The van der Waals surface area contributed by atoms with Crippen molar-refractivity contribution in [3.63, 3.8) is 0 Å². The fourth-order valence-corrected chi connectivity index (χ4v) is 1.76. The molecule has 0 amide bonds. The Bertz CT molecular complexity index is 432. The zero-order valence-electron chi connectivity index (χ0n) is 12.6. The first kappa shape index (κ1) is 16.3. The van der Waals surface area contributed by atoms with Crippen molar-refractivity contribution in [1.82, 2.24) is 0 Å². The highest BCUT2D eigenvalue weighted by Gasteiger charge is 2.04. The van der Waals surface area contributed by atoms with Crippen LogP contribution in [0.4, 0.5) is 0 Å². The Balaban J connectivity index is 2.53. The van der Waals surface area contributed by atoms with E-state index in [1.54, 1.807) is 13.8 Å². The maximum atomic E-state index is 11.5. The zero-order valence-corrected chi connectivity index (χ0v) is 12.6. The Morgan fingerprint density at radius 3 is 2.45 bits per heavy atom. The summed E-state index contributed by atoms with van der Waals surface area (Å²) in [5.41, 5.74) is 1.57. The SMILES string of the molecule is CCCCCOc1ccc(/C=C(/C)C(=O)OCC)cc1. The van der Waals surface area contributed by atoms with Gasteiger partial charge in [0.1, 0.15) is 5.75 Å². The molecule has 1 rings (SSSR count). The minimum Gasteiger partial charge on any atom is -0.494 e. The van der Waals surface area contributed by atoms with Crippen LogP contribution in [0.15, 0.2) is 29.8 Å². The van der Waals surface area contributed by atoms with Gasteiger partial charge < -0.3 is 9.47 Å². The first-order chi connectivity index (χ1) is 9.67. The van der Waals surface area contributed by atoms with Gasteiger partial charge in [0.15, 0.2) is 0 Å². The average Bonchev–Trinajstić information content (AvgIpc) is 2.45. The van der Waals surface area contributed by atoms with E-state index in [1.165, 1.54) is 12.8 Å². The average molecular weight is 276 g/mol. The number of carbonyl (C=O) groups is 1. The van der Waals surface area contributed by atoms with Gasteiger partial charge in [0.05, 0.1) is 13.2 Å². The van der Waals surface area contributed by atoms with E-state index in [4.69, 9.17) is 9.47 Å². The topological polar surface area (TPSA) is 35.5 Å². The number of ether oxygens (including phenoxy) is 2. The van der Waals surface area contributed by atoms with Gasteiger partial charge in [-0.3, -0.25) is 0 Å². The van der Waals surface area contributed by atoms with Crippen molar-refractivity contribution in [3.05, 3.63) is 35.4 Å². The number of unbranched alkanes of at least 4 members (excludes halogenated alkanes) is 2. The van der Waals surface area contributed by atoms with Crippen molar-refractivity contribution in [2.75, 3.05) is 13.2 Å². The highest BCUT2D eigenvalue weighted by molar-refractivity contribution is 5.92. The van der Waals surface area contributed by atoms with Crippen LogP contribution in [0.5, 0.6) is 5.75 Å². The summed E-state index contributed by atoms with van der Waals surface area (Å²) in [4.78, 5) is 11.5. The molecular formula is C17H24O3. The molecule has 0 aliphatic rings. The quantitative estimate of drug-likeness (QED) is 0.405. The van der Waals surface area contributed by atoms with E-state index < -0.39 is 0 Å². The third kappa shape index (κ3) is 5.91. The van der Waals surface area contributed by atoms with Crippen LogP contribution in [-0.4, -0.2) is 19.2 Å². The molecule has 0 heterocycles. The molecule has 0 atom stereocenters. The van der Waals surface area contributed by atoms with Gasteiger partial charge in [0.2, 0.25) is 0 Å². The molecule has 3 nitrogen and oxygen atoms in total. The second-order valence-corrected chi connectivity index (χ2v) is 4.67. The summed E-state index contributed by atoms with van der Waals surface area (Å²) in [7, 11) is 0. The summed E-state index contributed by atoms with van der Waals surface area (Å²) in [6.45, 7) is 6.88. The second-order valence-electron chi connectivity index (χ2n) is 4.67. The van der Waals surface area contributed by atoms with Crippen LogP contribution >= 0.6 is 0 Å². The lowest BCUT2D eigenvalue weighted by molar-refractivity contribution is -0.138. The molecule has 0 aliphatic carbocycles. The van der Waals surface area contributed by atoms with Crippen LogP contribution in [0.25, 0.3) is 6.08 Å². The summed E-state index contributed by atoms with van der Waals surface area (Å²) in [5, 5.41) is 0. The number of carbonyl (C=O) groups excluding carboxylic acids is 1. The molecule has 0 spiro atoms. The Kier molecular flexibility index (Phi) is 7.48. The van der Waals surface area contributed by atoms with Gasteiger partial charge in [-0.05, 0) is 44.0 Å². The third-order valence-electron chi connectivity index (χ3n) is 2.88. The van der Waals surface area contributed by atoms with Gasteiger partial charge in [-0.2, -0.15) is 0 Å². The standard InChI is InChI=1S/C17H24O3/c1-4-6-7-12-20-16-10-8-15(9-11-16)13-14(3)17(18)19-5-2/h8-11,13H,4-7,12H2,1-3H3/b14-13-. The van der Waals surface area contributed by atoms with Gasteiger partial charge in [-0.25, -0.2) is 4.79 Å². The maximum Gasteiger partial charge on any atom is 0.333 e. The summed E-state index contributed by atoms with van der Waals surface area (Å²) >= 11 is 0. The number of rotatable bonds is 8. The fraction of sp³-hybridized carbons (Fsp3) is 0.471. The smallest absolute Gasteiger partial charge is 0.333 e. The van der Waals surface area contributed by atoms with Gasteiger partial charge >= 0.3 is 5.97 Å². The molecule has 110 valence electrons. The summed E-state index contributed by atoms with van der Waals surface area (Å²) in [6.07, 6.45) is 5.29. The minimum atomic E-state index is -0.271. The van der Waals surface area contributed by atoms with Gasteiger partial charge in [0.25, 0.3) is 0 Å². The molecular weight excluding hydrogens is 252 g/mol. The molecule has 1 aromatic rings. The van der Waals surface area contributed by atoms with Crippen LogP contribution in [0.1, 0.15) is 45.6 Å². The number of hydrogen-bond donors (Lipinski definition) is 0. The Morgan fingerprint density at radius 1 is 1.15 bits per heavy atom. The van der Waals surface area contributed by atoms with E-state index in [0.717, 1.165) is 24.3 Å². The van der Waals surface area contributed by atoms with Crippen molar-refractivity contribution in [2.45, 2.75) is 40.0 Å². The molecule has 0 bridgehead atoms. The Morgan fingerprint density at radius 2 is 1.85 bits per heavy atom. The van der Waals surface area contributed by atoms with Crippen molar-refractivity contribution in [1.29, 1.82) is 0 Å². The molecule has 0 unspecified atom stereocenters. The highest BCUT2D eigenvalue weighted by atomic mass is 16.5. The van der Waals surface area contributed by atoms with E-state index >= 15 is 0 Å². The molecule has 0 radical (unpaired) electrons. The van der Waals surface area contributed by atoms with Crippen molar-refractivity contribution >= 4 is 12.0 Å². The van der Waals surface area contributed by atoms with Crippen LogP contribution < -0.4 is 4.74 Å². The van der Waals surface area contributed by atoms with Crippen molar-refractivity contribution < 1.29 is 14.3 Å². The molecule has 0 saturated carbocycles. The highest BCUT2D eigenvalue weighted by Crippen LogP contribution is 2.15. The van der Waals surface area contributed by atoms with E-state index in [1.807, 2.05) is 30.3 Å². The largest absolute Gasteiger partial charge is 0.494 e. The van der Waals surface area contributed by atoms with Gasteiger partial charge in [-0.15, -0.1) is 0 Å². The van der Waals surface area contributed by atoms with E-state index in [0.29, 0.717) is 12.2 Å². The monoisotopic (exact) mass is 276 g/mol. The lowest BCUT2D eigenvalue weighted by Gasteiger charge is -2.06. The van der Waals surface area contributed by atoms with E-state index in [2.05, 4.69) is 6.92 Å². The normalized spacial score (nSPS) is 11.2. The number of esters is 1. The molecule has 0 saturated heterocycles. The summed E-state index contributed by atoms with van der Waals surface area (Å²) in [6, 6.07) is 7.74. The van der Waals surface area contributed by atoms with Crippen LogP contribution in [-0.2, 0) is 9.53 Å². The predicted molar refractivity (Wildman–Crippen MR) is 81.7 cm³/mol. The molecule has 0 fully saturated rings. The molecule has 0 N–H and O–H groups in total. The van der Waals surface area contributed by atoms with Crippen molar-refractivity contribution in [2.24, 2.45) is 0 Å². The second kappa shape index (κ2) is 9.18. The minimum absolute atomic E-state index is 0.271. The summed E-state index contributed by atoms with van der Waals surface area (Å²) < 4.78 is 10.6. The molecule has 0 aliphatic heterocycles. The number of hydrogen-bond acceptors (Lipinski definition) is 3. The van der Waals surface area contributed by atoms with Crippen LogP contribution in [0, 0.1) is 0 Å². The van der Waals surface area contributed by atoms with Crippen molar-refractivity contribution in [3.8, 4) is 5.75 Å². The van der Waals surface area contributed by atoms with E-state index in [9.17, 15) is 4.79 Å². The molecule has 0 aromatic heterocycles. The zero-order chi connectivity index (χ0) is 14.8. The Labute approximate surface area is 121 Å². The van der Waals surface area contributed by atoms with Crippen LogP contribution in [0.3, 0.4) is 0 Å². The predicted octanol–water partition coefficient (Wildman–Crippen LogP) is 4.22. The molecule has 3 heteroatoms. The lowest BCUT2D eigenvalue weighted by Crippen LogP contribution is -2.04. The summed E-state index contributed by atoms with van der Waals surface area (Å²) in [5.74, 6) is 0.597. The molecule has 20 heavy (non-hydrogen) atoms. The third-order valence-corrected chi connectivity index (χ3v) is 2.88. The Hall–Kier alpha value is -1.77. The first-order valence-electron chi connectivity index (χ1n) is 7.25. The van der Waals surface area contributed by atoms with E-state index in [-0.39, 0.29) is 5.97 Å². The maximum absolute atomic E-state index is 11.5. The van der Waals surface area contributed by atoms with Crippen LogP contribution in [0.2, 0.25) is 0 Å².